The van der Waals surface area contributed by atoms with Crippen LogP contribution in [-0.2, 0) is 14.3 Å². The van der Waals surface area contributed by atoms with E-state index in [2.05, 4.69) is 0 Å². The first kappa shape index (κ1) is 29.1. The minimum atomic E-state index is -1.62. The summed E-state index contributed by atoms with van der Waals surface area (Å²) in [5.41, 5.74) is -0.304. The predicted molar refractivity (Wildman–Crippen MR) is 136 cm³/mol. The summed E-state index contributed by atoms with van der Waals surface area (Å²) in [6.07, 6.45) is 1.82. The Bertz CT molecular complexity index is 1020. The van der Waals surface area contributed by atoms with Gasteiger partial charge in [-0.1, -0.05) is 32.1 Å². The molecule has 0 bridgehead atoms. The van der Waals surface area contributed by atoms with Crippen molar-refractivity contribution < 1.29 is 39.2 Å². The summed E-state index contributed by atoms with van der Waals surface area (Å²) in [7, 11) is 0. The quantitative estimate of drug-likeness (QED) is 0.527. The zero-order chi connectivity index (χ0) is 27.2. The zero-order valence-electron chi connectivity index (χ0n) is 21.7. The van der Waals surface area contributed by atoms with Crippen LogP contribution in [0.1, 0.15) is 70.3 Å². The van der Waals surface area contributed by atoms with Crippen molar-refractivity contribution in [1.82, 2.24) is 0 Å². The van der Waals surface area contributed by atoms with Crippen molar-refractivity contribution in [1.29, 1.82) is 0 Å². The van der Waals surface area contributed by atoms with E-state index >= 15 is 0 Å². The summed E-state index contributed by atoms with van der Waals surface area (Å²) >= 11 is 0. The first-order valence-electron chi connectivity index (χ1n) is 12.1. The molecule has 4 atom stereocenters. The number of phenols is 1. The lowest BCUT2D eigenvalue weighted by molar-refractivity contribution is -0.127. The molecule has 0 saturated carbocycles. The highest BCUT2D eigenvalue weighted by Crippen LogP contribution is 2.32. The molecule has 2 rings (SSSR count). The van der Waals surface area contributed by atoms with Crippen molar-refractivity contribution in [3.63, 3.8) is 0 Å². The molecule has 0 fully saturated rings. The lowest BCUT2D eigenvalue weighted by Gasteiger charge is -2.28. The van der Waals surface area contributed by atoms with Gasteiger partial charge in [0.1, 0.15) is 29.1 Å². The van der Waals surface area contributed by atoms with Crippen LogP contribution < -0.4 is 4.90 Å². The third-order valence-electron chi connectivity index (χ3n) is 5.64. The van der Waals surface area contributed by atoms with Crippen LogP contribution >= 0.6 is 0 Å². The number of cyclic esters (lactones) is 1. The first-order valence-corrected chi connectivity index (χ1v) is 12.1. The number of rotatable bonds is 3. The van der Waals surface area contributed by atoms with E-state index in [1.54, 1.807) is 40.7 Å². The van der Waals surface area contributed by atoms with Crippen LogP contribution in [0.4, 0.5) is 10.5 Å². The molecule has 1 aromatic carbocycles. The summed E-state index contributed by atoms with van der Waals surface area (Å²) in [6, 6.07) is 2.85. The normalized spacial score (nSPS) is 25.2. The van der Waals surface area contributed by atoms with Crippen LogP contribution in [0, 0.1) is 5.92 Å². The molecule has 1 aliphatic heterocycles. The van der Waals surface area contributed by atoms with Crippen LogP contribution in [0.3, 0.4) is 0 Å². The number of ketones is 1. The lowest BCUT2D eigenvalue weighted by Crippen LogP contribution is -2.37. The molecule has 3 N–H and O–H groups in total. The highest BCUT2D eigenvalue weighted by atomic mass is 16.6. The summed E-state index contributed by atoms with van der Waals surface area (Å²) in [4.78, 5) is 39.5. The molecule has 0 spiro atoms. The molecule has 0 unspecified atom stereocenters. The zero-order valence-corrected chi connectivity index (χ0v) is 21.7. The van der Waals surface area contributed by atoms with Gasteiger partial charge in [-0.15, -0.1) is 0 Å². The van der Waals surface area contributed by atoms with Gasteiger partial charge in [0, 0.05) is 18.5 Å². The number of benzene rings is 1. The number of fused-ring (bicyclic) bond motifs is 1. The summed E-state index contributed by atoms with van der Waals surface area (Å²) in [5, 5.41) is 31.3. The average molecular weight is 504 g/mol. The van der Waals surface area contributed by atoms with Crippen molar-refractivity contribution in [3.8, 4) is 5.75 Å². The van der Waals surface area contributed by atoms with Gasteiger partial charge >= 0.3 is 12.1 Å². The van der Waals surface area contributed by atoms with Gasteiger partial charge in [-0.3, -0.25) is 9.69 Å². The molecular formula is C27H37NO8. The van der Waals surface area contributed by atoms with Gasteiger partial charge in [-0.05, 0) is 58.2 Å². The molecular weight excluding hydrogens is 466 g/mol. The molecule has 198 valence electrons. The Morgan fingerprint density at radius 3 is 2.44 bits per heavy atom. The molecule has 9 nitrogen and oxygen atoms in total. The molecule has 1 aromatic rings. The molecule has 36 heavy (non-hydrogen) atoms. The Kier molecular flexibility index (Phi) is 9.84. The number of amides is 1. The monoisotopic (exact) mass is 503 g/mol. The minimum Gasteiger partial charge on any atom is -0.507 e. The Morgan fingerprint density at radius 2 is 1.83 bits per heavy atom. The second kappa shape index (κ2) is 12.2. The number of aliphatic hydroxyl groups excluding tert-OH is 2. The Morgan fingerprint density at radius 1 is 1.17 bits per heavy atom. The van der Waals surface area contributed by atoms with Gasteiger partial charge in [0.15, 0.2) is 5.78 Å². The molecule has 1 heterocycles. The molecule has 1 aliphatic rings. The molecule has 0 aliphatic carbocycles. The second-order valence-electron chi connectivity index (χ2n) is 9.94. The van der Waals surface area contributed by atoms with Gasteiger partial charge in [-0.2, -0.15) is 0 Å². The van der Waals surface area contributed by atoms with Crippen LogP contribution in [-0.4, -0.2) is 63.6 Å². The van der Waals surface area contributed by atoms with E-state index in [-0.39, 0.29) is 23.3 Å². The maximum atomic E-state index is 13.1. The molecule has 0 saturated heterocycles. The van der Waals surface area contributed by atoms with Gasteiger partial charge in [0.05, 0.1) is 11.8 Å². The number of nitrogens with zero attached hydrogens (tertiary/aromatic N) is 1. The predicted octanol–water partition coefficient (Wildman–Crippen LogP) is 3.99. The number of aromatic hydroxyl groups is 1. The largest absolute Gasteiger partial charge is 0.507 e. The summed E-state index contributed by atoms with van der Waals surface area (Å²) in [5.74, 6) is -2.22. The SMILES string of the molecule is CCCN(C(=O)OC(C)(C)C)c1cc(O)c2c(c1)/C=C/C[C@H](O)[C@H](O)C(=O)/C=C\[C@@H](C)[C@H](C)OC2=O. The highest BCUT2D eigenvalue weighted by molar-refractivity contribution is 5.99. The van der Waals surface area contributed by atoms with Crippen molar-refractivity contribution in [2.45, 2.75) is 78.3 Å². The number of esters is 1. The van der Waals surface area contributed by atoms with Crippen LogP contribution in [0.5, 0.6) is 5.75 Å². The third-order valence-corrected chi connectivity index (χ3v) is 5.64. The van der Waals surface area contributed by atoms with E-state index in [1.807, 2.05) is 6.92 Å². The number of ether oxygens (including phenoxy) is 2. The number of phenolic OH excluding ortho intramolecular Hbond substituents is 1. The highest BCUT2D eigenvalue weighted by Gasteiger charge is 2.28. The van der Waals surface area contributed by atoms with E-state index < -0.39 is 47.7 Å². The van der Waals surface area contributed by atoms with Crippen LogP contribution in [0.15, 0.2) is 30.4 Å². The minimum absolute atomic E-state index is 0.100. The number of carbonyl (C=O) groups is 3. The maximum absolute atomic E-state index is 13.1. The lowest BCUT2D eigenvalue weighted by atomic mass is 9.99. The van der Waals surface area contributed by atoms with E-state index in [0.717, 1.165) is 6.08 Å². The van der Waals surface area contributed by atoms with Crippen molar-refractivity contribution >= 4 is 29.6 Å². The number of carbonyl (C=O) groups excluding carboxylic acids is 3. The van der Waals surface area contributed by atoms with Gasteiger partial charge in [0.2, 0.25) is 0 Å². The number of aliphatic hydroxyl groups is 2. The topological polar surface area (TPSA) is 134 Å². The van der Waals surface area contributed by atoms with Gasteiger partial charge < -0.3 is 24.8 Å². The fourth-order valence-corrected chi connectivity index (χ4v) is 3.50. The fraction of sp³-hybridized carbons (Fsp3) is 0.519. The molecule has 0 aromatic heterocycles. The van der Waals surface area contributed by atoms with Gasteiger partial charge in [0.25, 0.3) is 0 Å². The van der Waals surface area contributed by atoms with Crippen LogP contribution in [0.2, 0.25) is 0 Å². The second-order valence-corrected chi connectivity index (χ2v) is 9.94. The molecule has 9 heteroatoms. The average Bonchev–Trinajstić information content (AvgIpc) is 2.77. The number of anilines is 1. The molecule has 0 radical (unpaired) electrons. The van der Waals surface area contributed by atoms with E-state index in [9.17, 15) is 29.7 Å². The first-order chi connectivity index (χ1) is 16.7. The Hall–Kier alpha value is -3.17. The molecule has 1 amide bonds. The smallest absolute Gasteiger partial charge is 0.414 e. The van der Waals surface area contributed by atoms with E-state index in [0.29, 0.717) is 18.7 Å². The van der Waals surface area contributed by atoms with Crippen LogP contribution in [0.25, 0.3) is 6.08 Å². The number of hydrogen-bond donors (Lipinski definition) is 3. The van der Waals surface area contributed by atoms with Crippen molar-refractivity contribution in [3.05, 3.63) is 41.5 Å². The summed E-state index contributed by atoms with van der Waals surface area (Å²) in [6.45, 7) is 10.8. The third kappa shape index (κ3) is 7.66. The van der Waals surface area contributed by atoms with Gasteiger partial charge in [-0.25, -0.2) is 9.59 Å². The maximum Gasteiger partial charge on any atom is 0.414 e. The van der Waals surface area contributed by atoms with E-state index in [4.69, 9.17) is 9.47 Å². The Labute approximate surface area is 212 Å². The van der Waals surface area contributed by atoms with Crippen molar-refractivity contribution in [2.24, 2.45) is 5.92 Å². The fourth-order valence-electron chi connectivity index (χ4n) is 3.50. The number of hydrogen-bond acceptors (Lipinski definition) is 8. The summed E-state index contributed by atoms with van der Waals surface area (Å²) < 4.78 is 11.1. The van der Waals surface area contributed by atoms with Crippen molar-refractivity contribution in [2.75, 3.05) is 11.4 Å². The Balaban J connectivity index is 2.59. The standard InChI is InChI=1S/C27H37NO8/c1-7-13-28(26(34)36-27(4,5)6)19-14-18-9-8-10-20(29)24(32)21(30)12-11-16(2)17(3)35-25(33)23(18)22(31)15-19/h8-9,11-12,14-17,20,24,29,31-32H,7,10,13H2,1-6H3/b9-8+,12-11-/t16-,17+,20+,24+/m1/s1. The van der Waals surface area contributed by atoms with E-state index in [1.165, 1.54) is 29.2 Å².